The van der Waals surface area contributed by atoms with Gasteiger partial charge in [0.2, 0.25) is 0 Å². The van der Waals surface area contributed by atoms with Crippen molar-refractivity contribution in [3.63, 3.8) is 0 Å². The van der Waals surface area contributed by atoms with Gasteiger partial charge in [0.15, 0.2) is 0 Å². The van der Waals surface area contributed by atoms with E-state index in [-0.39, 0.29) is 17.7 Å². The summed E-state index contributed by atoms with van der Waals surface area (Å²) in [5.74, 6) is -1.16. The summed E-state index contributed by atoms with van der Waals surface area (Å²) in [6.45, 7) is 1.75. The molecule has 0 atom stereocenters. The lowest BCUT2D eigenvalue weighted by Crippen LogP contribution is -2.18. The Morgan fingerprint density at radius 3 is 2.62 bits per heavy atom. The molecule has 0 amide bonds. The van der Waals surface area contributed by atoms with Crippen LogP contribution in [0.5, 0.6) is 0 Å². The van der Waals surface area contributed by atoms with Gasteiger partial charge >= 0.3 is 5.97 Å². The van der Waals surface area contributed by atoms with E-state index in [2.05, 4.69) is 4.98 Å². The third-order valence-electron chi connectivity index (χ3n) is 2.80. The number of hydrogen-bond donors (Lipinski definition) is 1. The molecule has 1 heterocycles. The lowest BCUT2D eigenvalue weighted by Gasteiger charge is -2.07. The van der Waals surface area contributed by atoms with Crippen molar-refractivity contribution < 1.29 is 13.9 Å². The first-order valence-corrected chi connectivity index (χ1v) is 6.17. The monoisotopic (exact) mass is 286 g/mol. The predicted octanol–water partition coefficient (Wildman–Crippen LogP) is 2.23. The number of halogens is 1. The molecule has 0 aliphatic carbocycles. The van der Waals surface area contributed by atoms with Crippen molar-refractivity contribution >= 4 is 5.97 Å². The Balaban J connectivity index is 2.60. The zero-order valence-electron chi connectivity index (χ0n) is 11.1. The van der Waals surface area contributed by atoms with Gasteiger partial charge in [0, 0.05) is 5.69 Å². The van der Waals surface area contributed by atoms with Gasteiger partial charge in [0.25, 0.3) is 5.56 Å². The van der Waals surface area contributed by atoms with Crippen molar-refractivity contribution in [2.75, 3.05) is 6.61 Å². The molecular formula is C15H11FN2O3. The molecule has 2 aromatic rings. The molecule has 1 N–H and O–H groups in total. The van der Waals surface area contributed by atoms with E-state index in [9.17, 15) is 14.0 Å². The van der Waals surface area contributed by atoms with E-state index in [1.165, 1.54) is 30.3 Å². The highest BCUT2D eigenvalue weighted by Gasteiger charge is 2.17. The number of aromatic amines is 1. The van der Waals surface area contributed by atoms with Crippen molar-refractivity contribution in [3.05, 3.63) is 57.6 Å². The molecular weight excluding hydrogens is 275 g/mol. The van der Waals surface area contributed by atoms with Crippen molar-refractivity contribution in [1.82, 2.24) is 4.98 Å². The molecule has 0 spiro atoms. The number of aromatic nitrogens is 1. The summed E-state index contributed by atoms with van der Waals surface area (Å²) >= 11 is 0. The summed E-state index contributed by atoms with van der Waals surface area (Å²) in [6, 6.07) is 8.42. The molecule has 0 unspecified atom stereocenters. The number of ether oxygens (including phenoxy) is 1. The maximum atomic E-state index is 12.9. The highest BCUT2D eigenvalue weighted by molar-refractivity contribution is 5.93. The molecule has 1 aromatic carbocycles. The van der Waals surface area contributed by atoms with Gasteiger partial charge in [-0.05, 0) is 42.8 Å². The Hall–Kier alpha value is -2.94. The fourth-order valence-corrected chi connectivity index (χ4v) is 1.83. The number of hydrogen-bond acceptors (Lipinski definition) is 4. The average Bonchev–Trinajstić information content (AvgIpc) is 2.47. The third-order valence-corrected chi connectivity index (χ3v) is 2.80. The number of esters is 1. The van der Waals surface area contributed by atoms with Crippen molar-refractivity contribution in [2.45, 2.75) is 6.92 Å². The summed E-state index contributed by atoms with van der Waals surface area (Å²) in [5.41, 5.74) is -0.283. The van der Waals surface area contributed by atoms with Gasteiger partial charge in [0.05, 0.1) is 12.2 Å². The number of H-pyrrole nitrogens is 1. The Kier molecular flexibility index (Phi) is 4.14. The first-order chi connectivity index (χ1) is 10.1. The fourth-order valence-electron chi connectivity index (χ4n) is 1.83. The first-order valence-electron chi connectivity index (χ1n) is 6.17. The molecule has 5 nitrogen and oxygen atoms in total. The zero-order chi connectivity index (χ0) is 15.4. The summed E-state index contributed by atoms with van der Waals surface area (Å²) in [4.78, 5) is 26.2. The predicted molar refractivity (Wildman–Crippen MR) is 73.1 cm³/mol. The van der Waals surface area contributed by atoms with Crippen LogP contribution in [0.1, 0.15) is 22.8 Å². The normalized spacial score (nSPS) is 9.95. The zero-order valence-corrected chi connectivity index (χ0v) is 11.1. The minimum absolute atomic E-state index is 0.109. The molecule has 0 bridgehead atoms. The van der Waals surface area contributed by atoms with Crippen LogP contribution in [0.25, 0.3) is 11.3 Å². The van der Waals surface area contributed by atoms with Gasteiger partial charge in [-0.3, -0.25) is 4.79 Å². The van der Waals surface area contributed by atoms with Crippen LogP contribution >= 0.6 is 0 Å². The van der Waals surface area contributed by atoms with E-state index >= 15 is 0 Å². The van der Waals surface area contributed by atoms with Crippen molar-refractivity contribution in [3.8, 4) is 17.3 Å². The Morgan fingerprint density at radius 1 is 1.38 bits per heavy atom. The number of nitrogens with one attached hydrogen (secondary N) is 1. The second-order valence-electron chi connectivity index (χ2n) is 4.14. The molecule has 0 aliphatic heterocycles. The fraction of sp³-hybridized carbons (Fsp3) is 0.133. The van der Waals surface area contributed by atoms with Crippen LogP contribution in [-0.2, 0) is 4.74 Å². The number of nitriles is 1. The van der Waals surface area contributed by atoms with Crippen LogP contribution in [0.15, 0.2) is 35.1 Å². The highest BCUT2D eigenvalue weighted by atomic mass is 19.1. The van der Waals surface area contributed by atoms with Gasteiger partial charge in [-0.2, -0.15) is 5.26 Å². The number of benzene rings is 1. The van der Waals surface area contributed by atoms with Crippen LogP contribution in [0, 0.1) is 17.1 Å². The molecule has 106 valence electrons. The standard InChI is InChI=1S/C15H11FN2O3/c1-2-21-15(20)11-7-13(18-14(19)12(11)8-17)9-3-5-10(16)6-4-9/h3-7H,2H2,1H3,(H,18,19). The SMILES string of the molecule is CCOC(=O)c1cc(-c2ccc(F)cc2)[nH]c(=O)c1C#N. The van der Waals surface area contributed by atoms with Crippen molar-refractivity contribution in [1.29, 1.82) is 5.26 Å². The maximum absolute atomic E-state index is 12.9. The topological polar surface area (TPSA) is 83.0 Å². The maximum Gasteiger partial charge on any atom is 0.339 e. The van der Waals surface area contributed by atoms with E-state index < -0.39 is 17.3 Å². The minimum Gasteiger partial charge on any atom is -0.462 e. The van der Waals surface area contributed by atoms with E-state index in [0.29, 0.717) is 11.3 Å². The minimum atomic E-state index is -0.747. The number of carbonyl (C=O) groups excluding carboxylic acids is 1. The van der Waals surface area contributed by atoms with Gasteiger partial charge in [-0.25, -0.2) is 9.18 Å². The lowest BCUT2D eigenvalue weighted by atomic mass is 10.1. The van der Waals surface area contributed by atoms with Crippen LogP contribution in [0.4, 0.5) is 4.39 Å². The highest BCUT2D eigenvalue weighted by Crippen LogP contribution is 2.19. The molecule has 2 rings (SSSR count). The molecule has 21 heavy (non-hydrogen) atoms. The van der Waals surface area contributed by atoms with Gasteiger partial charge in [-0.1, -0.05) is 0 Å². The van der Waals surface area contributed by atoms with Gasteiger partial charge < -0.3 is 9.72 Å². The van der Waals surface area contributed by atoms with E-state index in [4.69, 9.17) is 10.00 Å². The van der Waals surface area contributed by atoms with Gasteiger partial charge in [-0.15, -0.1) is 0 Å². The summed E-state index contributed by atoms with van der Waals surface area (Å²) in [5, 5.41) is 8.99. The Bertz CT molecular complexity index is 773. The molecule has 0 saturated heterocycles. The van der Waals surface area contributed by atoms with Crippen LogP contribution in [0.3, 0.4) is 0 Å². The number of carbonyl (C=O) groups is 1. The molecule has 0 saturated carbocycles. The summed E-state index contributed by atoms with van der Waals surface area (Å²) in [7, 11) is 0. The molecule has 0 fully saturated rings. The van der Waals surface area contributed by atoms with Crippen LogP contribution < -0.4 is 5.56 Å². The molecule has 1 aromatic heterocycles. The molecule has 6 heteroatoms. The van der Waals surface area contributed by atoms with Crippen molar-refractivity contribution in [2.24, 2.45) is 0 Å². The smallest absolute Gasteiger partial charge is 0.339 e. The number of rotatable bonds is 3. The average molecular weight is 286 g/mol. The largest absolute Gasteiger partial charge is 0.462 e. The lowest BCUT2D eigenvalue weighted by molar-refractivity contribution is 0.0525. The third kappa shape index (κ3) is 2.98. The summed E-state index contributed by atoms with van der Waals surface area (Å²) in [6.07, 6.45) is 0. The van der Waals surface area contributed by atoms with Crippen LogP contribution in [0.2, 0.25) is 0 Å². The van der Waals surface area contributed by atoms with E-state index in [0.717, 1.165) is 0 Å². The number of pyridine rings is 1. The van der Waals surface area contributed by atoms with Crippen LogP contribution in [-0.4, -0.2) is 17.6 Å². The second-order valence-corrected chi connectivity index (χ2v) is 4.14. The Morgan fingerprint density at radius 2 is 2.05 bits per heavy atom. The number of nitrogens with zero attached hydrogens (tertiary/aromatic N) is 1. The quantitative estimate of drug-likeness (QED) is 0.877. The first kappa shape index (κ1) is 14.5. The Labute approximate surface area is 119 Å². The van der Waals surface area contributed by atoms with Gasteiger partial charge in [0.1, 0.15) is 17.4 Å². The van der Waals surface area contributed by atoms with E-state index in [1.807, 2.05) is 0 Å². The second kappa shape index (κ2) is 6.01. The molecule has 0 aliphatic rings. The van der Waals surface area contributed by atoms with E-state index in [1.54, 1.807) is 13.0 Å². The summed E-state index contributed by atoms with van der Waals surface area (Å²) < 4.78 is 17.8. The molecule has 0 radical (unpaired) electrons.